The molecule has 0 aliphatic carbocycles. The molecule has 1 saturated heterocycles. The van der Waals surface area contributed by atoms with Crippen LogP contribution in [0, 0.1) is 0 Å². The Labute approximate surface area is 89.0 Å². The van der Waals surface area contributed by atoms with E-state index in [1.54, 1.807) is 6.92 Å². The molecule has 1 aromatic rings. The molecule has 0 spiro atoms. The summed E-state index contributed by atoms with van der Waals surface area (Å²) in [6.45, 7) is 3.58. The second kappa shape index (κ2) is 3.76. The molecule has 1 aliphatic rings. The minimum atomic E-state index is -1.07. The van der Waals surface area contributed by atoms with Crippen molar-refractivity contribution in [1.29, 1.82) is 0 Å². The van der Waals surface area contributed by atoms with Gasteiger partial charge in [0, 0.05) is 6.92 Å². The van der Waals surface area contributed by atoms with Gasteiger partial charge in [-0.1, -0.05) is 30.3 Å². The Hall–Kier alpha value is -1.19. The molecular weight excluding hydrogens is 192 g/mol. The highest BCUT2D eigenvalue weighted by atomic mass is 16.7. The fourth-order valence-corrected chi connectivity index (χ4v) is 1.59. The van der Waals surface area contributed by atoms with E-state index in [2.05, 4.69) is 0 Å². The van der Waals surface area contributed by atoms with Crippen molar-refractivity contribution >= 4 is 5.78 Å². The number of carbonyl (C=O) groups is 1. The third kappa shape index (κ3) is 1.94. The van der Waals surface area contributed by atoms with Crippen LogP contribution in [0.5, 0.6) is 0 Å². The van der Waals surface area contributed by atoms with Crippen LogP contribution in [0.1, 0.15) is 25.5 Å². The van der Waals surface area contributed by atoms with E-state index in [-0.39, 0.29) is 11.9 Å². The summed E-state index contributed by atoms with van der Waals surface area (Å²) < 4.78 is 11.0. The van der Waals surface area contributed by atoms with E-state index in [0.29, 0.717) is 6.61 Å². The van der Waals surface area contributed by atoms with E-state index in [0.717, 1.165) is 5.56 Å². The number of Topliss-reactive ketones (excluding diaryl/α,β-unsaturated/α-hetero) is 1. The van der Waals surface area contributed by atoms with Gasteiger partial charge in [0.15, 0.2) is 5.78 Å². The first-order chi connectivity index (χ1) is 7.12. The van der Waals surface area contributed by atoms with Crippen molar-refractivity contribution in [2.75, 3.05) is 6.61 Å². The summed E-state index contributed by atoms with van der Waals surface area (Å²) in [4.78, 5) is 11.3. The highest BCUT2D eigenvalue weighted by molar-refractivity contribution is 5.83. The van der Waals surface area contributed by atoms with Crippen molar-refractivity contribution in [2.24, 2.45) is 0 Å². The molecule has 0 N–H and O–H groups in total. The summed E-state index contributed by atoms with van der Waals surface area (Å²) in [6, 6.07) is 9.79. The van der Waals surface area contributed by atoms with Crippen molar-refractivity contribution in [2.45, 2.75) is 25.7 Å². The summed E-state index contributed by atoms with van der Waals surface area (Å²) in [5.74, 6) is -1.17. The maximum atomic E-state index is 11.3. The molecular formula is C12H14O3. The number of rotatable bonds is 2. The first-order valence-electron chi connectivity index (χ1n) is 4.99. The van der Waals surface area contributed by atoms with Crippen molar-refractivity contribution in [3.05, 3.63) is 35.9 Å². The van der Waals surface area contributed by atoms with Gasteiger partial charge in [-0.05, 0) is 12.5 Å². The van der Waals surface area contributed by atoms with Gasteiger partial charge in [0.1, 0.15) is 6.10 Å². The lowest BCUT2D eigenvalue weighted by Gasteiger charge is -2.19. The van der Waals surface area contributed by atoms with Gasteiger partial charge in [-0.15, -0.1) is 0 Å². The number of carbonyl (C=O) groups excluding carboxylic acids is 1. The molecule has 0 saturated carbocycles. The Balaban J connectivity index is 2.14. The van der Waals surface area contributed by atoms with Crippen LogP contribution in [0.25, 0.3) is 0 Å². The van der Waals surface area contributed by atoms with Crippen molar-refractivity contribution in [3.63, 3.8) is 0 Å². The molecule has 0 amide bonds. The van der Waals surface area contributed by atoms with Gasteiger partial charge in [-0.3, -0.25) is 4.79 Å². The molecule has 1 aromatic carbocycles. The number of ether oxygens (including phenoxy) is 2. The van der Waals surface area contributed by atoms with Gasteiger partial charge in [0.2, 0.25) is 5.79 Å². The van der Waals surface area contributed by atoms with Gasteiger partial charge in [-0.25, -0.2) is 0 Å². The van der Waals surface area contributed by atoms with Crippen LogP contribution in [0.15, 0.2) is 30.3 Å². The van der Waals surface area contributed by atoms with E-state index in [1.165, 1.54) is 6.92 Å². The fraction of sp³-hybridized carbons (Fsp3) is 0.417. The van der Waals surface area contributed by atoms with Crippen LogP contribution < -0.4 is 0 Å². The quantitative estimate of drug-likeness (QED) is 0.743. The van der Waals surface area contributed by atoms with Crippen molar-refractivity contribution < 1.29 is 14.3 Å². The third-order valence-corrected chi connectivity index (χ3v) is 2.69. The standard InChI is InChI=1S/C12H14O3/c1-9(13)12(2)14-8-11(15-12)10-6-4-3-5-7-10/h3-7,11H,8H2,1-2H3. The van der Waals surface area contributed by atoms with E-state index < -0.39 is 5.79 Å². The normalized spacial score (nSPS) is 30.4. The largest absolute Gasteiger partial charge is 0.341 e. The Kier molecular flexibility index (Phi) is 2.59. The number of benzene rings is 1. The average Bonchev–Trinajstić information content (AvgIpc) is 2.64. The Morgan fingerprint density at radius 1 is 1.40 bits per heavy atom. The lowest BCUT2D eigenvalue weighted by atomic mass is 10.1. The zero-order valence-corrected chi connectivity index (χ0v) is 8.90. The molecule has 3 heteroatoms. The summed E-state index contributed by atoms with van der Waals surface area (Å²) in [5, 5.41) is 0. The lowest BCUT2D eigenvalue weighted by molar-refractivity contribution is -0.176. The second-order valence-electron chi connectivity index (χ2n) is 3.83. The molecule has 0 aromatic heterocycles. The van der Waals surface area contributed by atoms with E-state index in [4.69, 9.17) is 9.47 Å². The Bertz CT molecular complexity index is 360. The maximum absolute atomic E-state index is 11.3. The van der Waals surface area contributed by atoms with Crippen LogP contribution in [-0.2, 0) is 14.3 Å². The van der Waals surface area contributed by atoms with Gasteiger partial charge in [0.05, 0.1) is 6.61 Å². The monoisotopic (exact) mass is 206 g/mol. The first kappa shape index (κ1) is 10.3. The molecule has 0 radical (unpaired) electrons. The molecule has 2 atom stereocenters. The van der Waals surface area contributed by atoms with Gasteiger partial charge >= 0.3 is 0 Å². The molecule has 2 unspecified atom stereocenters. The van der Waals surface area contributed by atoms with Gasteiger partial charge < -0.3 is 9.47 Å². The van der Waals surface area contributed by atoms with Crippen LogP contribution in [-0.4, -0.2) is 18.2 Å². The maximum Gasteiger partial charge on any atom is 0.226 e. The molecule has 1 heterocycles. The highest BCUT2D eigenvalue weighted by Crippen LogP contribution is 2.33. The van der Waals surface area contributed by atoms with Crippen LogP contribution in [0.2, 0.25) is 0 Å². The molecule has 0 bridgehead atoms. The molecule has 1 fully saturated rings. The Morgan fingerprint density at radius 2 is 2.07 bits per heavy atom. The van der Waals surface area contributed by atoms with E-state index >= 15 is 0 Å². The smallest absolute Gasteiger partial charge is 0.226 e. The third-order valence-electron chi connectivity index (χ3n) is 2.69. The zero-order valence-electron chi connectivity index (χ0n) is 8.90. The minimum Gasteiger partial charge on any atom is -0.341 e. The van der Waals surface area contributed by atoms with Gasteiger partial charge in [0.25, 0.3) is 0 Å². The molecule has 2 rings (SSSR count). The lowest BCUT2D eigenvalue weighted by Crippen LogP contribution is -2.34. The summed E-state index contributed by atoms with van der Waals surface area (Å²) >= 11 is 0. The molecule has 1 aliphatic heterocycles. The summed E-state index contributed by atoms with van der Waals surface area (Å²) in [6.07, 6.45) is -0.139. The molecule has 80 valence electrons. The summed E-state index contributed by atoms with van der Waals surface area (Å²) in [5.41, 5.74) is 1.04. The predicted molar refractivity (Wildman–Crippen MR) is 55.3 cm³/mol. The summed E-state index contributed by atoms with van der Waals surface area (Å²) in [7, 11) is 0. The average molecular weight is 206 g/mol. The molecule has 3 nitrogen and oxygen atoms in total. The predicted octanol–water partition coefficient (Wildman–Crippen LogP) is 2.08. The minimum absolute atomic E-state index is 0.0964. The second-order valence-corrected chi connectivity index (χ2v) is 3.83. The van der Waals surface area contributed by atoms with Crippen LogP contribution in [0.3, 0.4) is 0 Å². The van der Waals surface area contributed by atoms with Crippen molar-refractivity contribution in [3.8, 4) is 0 Å². The van der Waals surface area contributed by atoms with E-state index in [1.807, 2.05) is 30.3 Å². The first-order valence-corrected chi connectivity index (χ1v) is 4.99. The van der Waals surface area contributed by atoms with Crippen LogP contribution >= 0.6 is 0 Å². The number of ketones is 1. The fourth-order valence-electron chi connectivity index (χ4n) is 1.59. The van der Waals surface area contributed by atoms with E-state index in [9.17, 15) is 4.79 Å². The highest BCUT2D eigenvalue weighted by Gasteiger charge is 2.41. The SMILES string of the molecule is CC(=O)C1(C)OCC(c2ccccc2)O1. The zero-order chi connectivity index (χ0) is 10.9. The topological polar surface area (TPSA) is 35.5 Å². The van der Waals surface area contributed by atoms with Crippen LogP contribution in [0.4, 0.5) is 0 Å². The number of hydrogen-bond acceptors (Lipinski definition) is 3. The molecule has 15 heavy (non-hydrogen) atoms. The van der Waals surface area contributed by atoms with Crippen molar-refractivity contribution in [1.82, 2.24) is 0 Å². The van der Waals surface area contributed by atoms with Gasteiger partial charge in [-0.2, -0.15) is 0 Å². The number of hydrogen-bond donors (Lipinski definition) is 0. The Morgan fingerprint density at radius 3 is 2.60 bits per heavy atom.